The molecule has 3 aromatic heterocycles. The molecule has 172 valence electrons. The quantitative estimate of drug-likeness (QED) is 0.461. The zero-order valence-electron chi connectivity index (χ0n) is 18.8. The maximum atomic E-state index is 13.0. The summed E-state index contributed by atoms with van der Waals surface area (Å²) in [6.45, 7) is 4.09. The molecular weight excluding hydrogens is 446 g/mol. The molecule has 0 amide bonds. The lowest BCUT2D eigenvalue weighted by Crippen LogP contribution is -2.43. The number of nitrogens with one attached hydrogen (secondary N) is 2. The molecule has 1 saturated heterocycles. The van der Waals surface area contributed by atoms with Crippen molar-refractivity contribution in [3.05, 3.63) is 52.4 Å². The van der Waals surface area contributed by atoms with Crippen LogP contribution in [0.5, 0.6) is 0 Å². The van der Waals surface area contributed by atoms with Crippen LogP contribution in [-0.2, 0) is 0 Å². The van der Waals surface area contributed by atoms with E-state index in [4.69, 9.17) is 4.98 Å². The van der Waals surface area contributed by atoms with Gasteiger partial charge in [0, 0.05) is 54.2 Å². The number of pyridine rings is 1. The van der Waals surface area contributed by atoms with Crippen molar-refractivity contribution in [1.82, 2.24) is 19.9 Å². The van der Waals surface area contributed by atoms with Gasteiger partial charge in [-0.2, -0.15) is 10.2 Å². The van der Waals surface area contributed by atoms with E-state index in [-0.39, 0.29) is 17.2 Å². The summed E-state index contributed by atoms with van der Waals surface area (Å²) in [7, 11) is 0. The van der Waals surface area contributed by atoms with Gasteiger partial charge in [-0.25, -0.2) is 4.98 Å². The van der Waals surface area contributed by atoms with E-state index in [1.807, 2.05) is 23.5 Å². The van der Waals surface area contributed by atoms with Gasteiger partial charge in [0.1, 0.15) is 17.3 Å². The molecular formula is C25H25N7OS. The Morgan fingerprint density at radius 3 is 2.74 bits per heavy atom. The van der Waals surface area contributed by atoms with E-state index in [1.165, 1.54) is 15.1 Å². The Hall–Kier alpha value is -3.48. The van der Waals surface area contributed by atoms with Gasteiger partial charge in [0.25, 0.3) is 5.56 Å². The average Bonchev–Trinajstić information content (AvgIpc) is 3.54. The Bertz CT molecular complexity index is 1470. The fourth-order valence-electron chi connectivity index (χ4n) is 5.04. The Morgan fingerprint density at radius 2 is 1.94 bits per heavy atom. The van der Waals surface area contributed by atoms with Crippen molar-refractivity contribution in [2.45, 2.75) is 31.7 Å². The fraction of sp³-hybridized carbons (Fsp3) is 0.360. The predicted molar refractivity (Wildman–Crippen MR) is 136 cm³/mol. The molecule has 2 aliphatic rings. The summed E-state index contributed by atoms with van der Waals surface area (Å²) in [5.41, 5.74) is 1.38. The molecule has 0 spiro atoms. The minimum Gasteiger partial charge on any atom is -0.361 e. The summed E-state index contributed by atoms with van der Waals surface area (Å²) in [5, 5.41) is 19.4. The maximum Gasteiger partial charge on any atom is 0.270 e. The summed E-state index contributed by atoms with van der Waals surface area (Å²) < 4.78 is 2.97. The predicted octanol–water partition coefficient (Wildman–Crippen LogP) is 4.15. The van der Waals surface area contributed by atoms with Crippen LogP contribution < -0.4 is 21.1 Å². The first kappa shape index (κ1) is 21.1. The van der Waals surface area contributed by atoms with Crippen LogP contribution in [0.4, 0.5) is 16.6 Å². The van der Waals surface area contributed by atoms with Crippen molar-refractivity contribution in [2.24, 2.45) is 0 Å². The summed E-state index contributed by atoms with van der Waals surface area (Å²) in [6.07, 6.45) is 5.73. The Balaban J connectivity index is 1.35. The van der Waals surface area contributed by atoms with E-state index >= 15 is 0 Å². The summed E-state index contributed by atoms with van der Waals surface area (Å²) in [4.78, 5) is 24.6. The van der Waals surface area contributed by atoms with Crippen molar-refractivity contribution in [3.63, 3.8) is 0 Å². The first-order chi connectivity index (χ1) is 16.7. The number of hydrogen-bond acceptors (Lipinski definition) is 8. The van der Waals surface area contributed by atoms with Gasteiger partial charge in [0.2, 0.25) is 5.95 Å². The van der Waals surface area contributed by atoms with Gasteiger partial charge in [-0.1, -0.05) is 12.8 Å². The second kappa shape index (κ2) is 8.70. The number of rotatable bonds is 4. The highest BCUT2D eigenvalue weighted by Gasteiger charge is 2.23. The molecule has 0 bridgehead atoms. The van der Waals surface area contributed by atoms with Crippen LogP contribution in [0.3, 0.4) is 0 Å². The molecule has 1 aliphatic heterocycles. The van der Waals surface area contributed by atoms with E-state index in [0.29, 0.717) is 17.0 Å². The third-order valence-corrected chi connectivity index (χ3v) is 7.95. The molecule has 2 N–H and O–H groups in total. The number of aromatic nitrogens is 3. The number of piperazine rings is 1. The van der Waals surface area contributed by atoms with Gasteiger partial charge in [-0.05, 0) is 48.6 Å². The summed E-state index contributed by atoms with van der Waals surface area (Å²) >= 11 is 1.82. The van der Waals surface area contributed by atoms with Crippen molar-refractivity contribution in [3.8, 4) is 6.07 Å². The number of nitriles is 1. The first-order valence-electron chi connectivity index (χ1n) is 11.8. The normalized spacial score (nSPS) is 16.9. The van der Waals surface area contributed by atoms with Gasteiger partial charge in [-0.15, -0.1) is 11.3 Å². The summed E-state index contributed by atoms with van der Waals surface area (Å²) in [6, 6.07) is 12.3. The number of benzene rings is 1. The van der Waals surface area contributed by atoms with E-state index in [2.05, 4.69) is 38.7 Å². The maximum absolute atomic E-state index is 13.0. The van der Waals surface area contributed by atoms with Gasteiger partial charge >= 0.3 is 0 Å². The molecule has 0 radical (unpaired) electrons. The molecule has 1 saturated carbocycles. The average molecular weight is 472 g/mol. The minimum atomic E-state index is -0.258. The highest BCUT2D eigenvalue weighted by molar-refractivity contribution is 7.22. The molecule has 0 atom stereocenters. The number of thiophene rings is 1. The Kier molecular flexibility index (Phi) is 5.40. The van der Waals surface area contributed by atoms with Crippen LogP contribution >= 0.6 is 11.3 Å². The largest absolute Gasteiger partial charge is 0.361 e. The molecule has 4 heterocycles. The molecule has 1 aromatic carbocycles. The van der Waals surface area contributed by atoms with Crippen molar-refractivity contribution in [2.75, 3.05) is 36.4 Å². The van der Waals surface area contributed by atoms with Gasteiger partial charge in [0.15, 0.2) is 0 Å². The van der Waals surface area contributed by atoms with E-state index in [1.54, 1.807) is 16.8 Å². The summed E-state index contributed by atoms with van der Waals surface area (Å²) in [5.74, 6) is 0.445. The number of anilines is 3. The molecule has 1 aliphatic carbocycles. The topological polar surface area (TPSA) is 98.9 Å². The van der Waals surface area contributed by atoms with Crippen LogP contribution in [0, 0.1) is 11.3 Å². The Morgan fingerprint density at radius 1 is 1.12 bits per heavy atom. The number of fused-ring (bicyclic) bond motifs is 2. The van der Waals surface area contributed by atoms with Crippen LogP contribution in [0.25, 0.3) is 21.1 Å². The molecule has 6 rings (SSSR count). The lowest BCUT2D eigenvalue weighted by Gasteiger charge is -2.27. The zero-order chi connectivity index (χ0) is 23.1. The molecule has 34 heavy (non-hydrogen) atoms. The van der Waals surface area contributed by atoms with Crippen molar-refractivity contribution >= 4 is 49.1 Å². The van der Waals surface area contributed by atoms with Crippen LogP contribution in [0.1, 0.15) is 37.3 Å². The van der Waals surface area contributed by atoms with Gasteiger partial charge in [0.05, 0.1) is 5.00 Å². The molecule has 4 aromatic rings. The zero-order valence-corrected chi connectivity index (χ0v) is 19.6. The highest BCUT2D eigenvalue weighted by Crippen LogP contribution is 2.35. The van der Waals surface area contributed by atoms with Crippen LogP contribution in [0.2, 0.25) is 0 Å². The fourth-order valence-corrected chi connectivity index (χ4v) is 6.13. The molecule has 2 fully saturated rings. The first-order valence-corrected chi connectivity index (χ1v) is 12.6. The SMILES string of the molecule is N#Cc1cc2cnc(Nc3ccc4sc(N5CCNCC5)cc4c3)nc2n(C2CCCC2)c1=O. The number of nitrogens with zero attached hydrogens (tertiary/aromatic N) is 5. The molecule has 8 nitrogen and oxygen atoms in total. The second-order valence-corrected chi connectivity index (χ2v) is 10.0. The minimum absolute atomic E-state index is 0.0802. The van der Waals surface area contributed by atoms with E-state index < -0.39 is 0 Å². The lowest BCUT2D eigenvalue weighted by atomic mass is 10.2. The molecule has 9 heteroatoms. The van der Waals surface area contributed by atoms with Gasteiger partial charge in [-0.3, -0.25) is 9.36 Å². The molecule has 0 unspecified atom stereocenters. The lowest BCUT2D eigenvalue weighted by molar-refractivity contribution is 0.515. The Labute approximate surface area is 200 Å². The monoisotopic (exact) mass is 471 g/mol. The van der Waals surface area contributed by atoms with Crippen LogP contribution in [0.15, 0.2) is 41.3 Å². The van der Waals surface area contributed by atoms with E-state index in [0.717, 1.165) is 57.5 Å². The standard InChI is InChI=1S/C25H25N7OS/c26-14-17-11-18-15-28-25(30-23(18)32(24(17)33)20-3-1-2-4-20)29-19-5-6-21-16(12-19)13-22(34-21)31-9-7-27-8-10-31/h5-6,11-13,15,20,27H,1-4,7-10H2,(H,28,29,30). The van der Waals surface area contributed by atoms with Crippen molar-refractivity contribution in [1.29, 1.82) is 5.26 Å². The number of hydrogen-bond donors (Lipinski definition) is 2. The van der Waals surface area contributed by atoms with Crippen molar-refractivity contribution < 1.29 is 0 Å². The second-order valence-electron chi connectivity index (χ2n) is 8.96. The van der Waals surface area contributed by atoms with E-state index in [9.17, 15) is 10.1 Å². The third kappa shape index (κ3) is 3.79. The van der Waals surface area contributed by atoms with Crippen LogP contribution in [-0.4, -0.2) is 40.7 Å². The highest BCUT2D eigenvalue weighted by atomic mass is 32.1. The smallest absolute Gasteiger partial charge is 0.270 e. The third-order valence-electron chi connectivity index (χ3n) is 6.77. The van der Waals surface area contributed by atoms with Gasteiger partial charge < -0.3 is 15.5 Å².